The maximum atomic E-state index is 10.5. The number of carbonyl (C=O) groups is 1. The molecule has 0 aromatic carbocycles. The van der Waals surface area contributed by atoms with Gasteiger partial charge in [0.1, 0.15) is 12.3 Å². The smallest absolute Gasteiger partial charge is 0.320 e. The minimum atomic E-state index is -1.45. The lowest BCUT2D eigenvalue weighted by Crippen LogP contribution is -2.51. The number of rotatable bonds is 5. The predicted octanol–water partition coefficient (Wildman–Crippen LogP) is -2.95. The van der Waals surface area contributed by atoms with Crippen LogP contribution in [0.5, 0.6) is 0 Å². The number of carboxylic acid groups (broad SMARTS) is 1. The standard InChI is InChI=1S/C9H20N4O4/c1-9(17)8(16)12-6(13-9)4(10)2-3-5(11)7(14)15/h4-6,8,12-13,16-17H,2-3,10-11H2,1H3,(H,14,15)/t4?,5-,6?,8?,9?/m0/s1. The van der Waals surface area contributed by atoms with E-state index >= 15 is 0 Å². The highest BCUT2D eigenvalue weighted by Crippen LogP contribution is 2.15. The Hall–Kier alpha value is -0.770. The summed E-state index contributed by atoms with van der Waals surface area (Å²) in [5.74, 6) is -1.07. The summed E-state index contributed by atoms with van der Waals surface area (Å²) in [4.78, 5) is 10.5. The van der Waals surface area contributed by atoms with Crippen molar-refractivity contribution in [3.63, 3.8) is 0 Å². The SMILES string of the molecule is CC1(O)NC(C(N)CC[C@H](N)C(=O)O)NC1O. The molecule has 8 nitrogen and oxygen atoms in total. The van der Waals surface area contributed by atoms with E-state index in [1.54, 1.807) is 0 Å². The normalized spacial score (nSPS) is 36.8. The number of aliphatic hydroxyl groups is 2. The van der Waals surface area contributed by atoms with Crippen LogP contribution in [0, 0.1) is 0 Å². The second-order valence-electron chi connectivity index (χ2n) is 4.52. The van der Waals surface area contributed by atoms with Gasteiger partial charge in [-0.2, -0.15) is 0 Å². The third kappa shape index (κ3) is 3.60. The Morgan fingerprint density at radius 3 is 2.47 bits per heavy atom. The molecule has 5 atom stereocenters. The van der Waals surface area contributed by atoms with Gasteiger partial charge in [-0.15, -0.1) is 0 Å². The van der Waals surface area contributed by atoms with Crippen LogP contribution in [0.1, 0.15) is 19.8 Å². The lowest BCUT2D eigenvalue weighted by molar-refractivity contribution is -0.138. The van der Waals surface area contributed by atoms with Gasteiger partial charge in [0, 0.05) is 6.04 Å². The summed E-state index contributed by atoms with van der Waals surface area (Å²) < 4.78 is 0. The molecule has 1 fully saturated rings. The molecule has 4 unspecified atom stereocenters. The van der Waals surface area contributed by atoms with Crippen molar-refractivity contribution in [3.8, 4) is 0 Å². The number of hydrogen-bond acceptors (Lipinski definition) is 7. The Labute approximate surface area is 99.0 Å². The van der Waals surface area contributed by atoms with Gasteiger partial charge < -0.3 is 26.8 Å². The van der Waals surface area contributed by atoms with Crippen molar-refractivity contribution >= 4 is 5.97 Å². The molecule has 0 radical (unpaired) electrons. The largest absolute Gasteiger partial charge is 0.480 e. The van der Waals surface area contributed by atoms with Crippen LogP contribution >= 0.6 is 0 Å². The topological polar surface area (TPSA) is 154 Å². The van der Waals surface area contributed by atoms with Crippen LogP contribution in [0.2, 0.25) is 0 Å². The second kappa shape index (κ2) is 5.25. The molecule has 17 heavy (non-hydrogen) atoms. The van der Waals surface area contributed by atoms with Gasteiger partial charge in [0.2, 0.25) is 0 Å². The van der Waals surface area contributed by atoms with Gasteiger partial charge in [0.05, 0.1) is 6.17 Å². The van der Waals surface area contributed by atoms with E-state index in [4.69, 9.17) is 16.6 Å². The third-order valence-electron chi connectivity index (χ3n) is 2.87. The first-order chi connectivity index (χ1) is 7.74. The van der Waals surface area contributed by atoms with Gasteiger partial charge in [-0.1, -0.05) is 0 Å². The molecule has 1 aliphatic heterocycles. The zero-order chi connectivity index (χ0) is 13.2. The minimum absolute atomic E-state index is 0.231. The van der Waals surface area contributed by atoms with Crippen molar-refractivity contribution in [2.24, 2.45) is 11.5 Å². The molecule has 0 aliphatic carbocycles. The average molecular weight is 248 g/mol. The Bertz CT molecular complexity index is 286. The second-order valence-corrected chi connectivity index (χ2v) is 4.52. The fourth-order valence-corrected chi connectivity index (χ4v) is 1.66. The van der Waals surface area contributed by atoms with Crippen LogP contribution in [-0.2, 0) is 4.79 Å². The molecule has 1 aliphatic rings. The Balaban J connectivity index is 2.40. The van der Waals surface area contributed by atoms with E-state index in [0.717, 1.165) is 0 Å². The maximum absolute atomic E-state index is 10.5. The highest BCUT2D eigenvalue weighted by Gasteiger charge is 2.42. The van der Waals surface area contributed by atoms with Crippen LogP contribution in [0.4, 0.5) is 0 Å². The number of aliphatic hydroxyl groups excluding tert-OH is 1. The van der Waals surface area contributed by atoms with Crippen molar-refractivity contribution in [1.82, 2.24) is 10.6 Å². The Morgan fingerprint density at radius 1 is 1.47 bits per heavy atom. The van der Waals surface area contributed by atoms with E-state index in [0.29, 0.717) is 6.42 Å². The Kier molecular flexibility index (Phi) is 4.42. The Morgan fingerprint density at radius 2 is 2.06 bits per heavy atom. The zero-order valence-electron chi connectivity index (χ0n) is 9.63. The van der Waals surface area contributed by atoms with Gasteiger partial charge in [0.25, 0.3) is 0 Å². The van der Waals surface area contributed by atoms with E-state index < -0.39 is 36.2 Å². The summed E-state index contributed by atoms with van der Waals surface area (Å²) in [6.45, 7) is 1.42. The summed E-state index contributed by atoms with van der Waals surface area (Å²) >= 11 is 0. The van der Waals surface area contributed by atoms with Crippen LogP contribution < -0.4 is 22.1 Å². The minimum Gasteiger partial charge on any atom is -0.480 e. The van der Waals surface area contributed by atoms with Crippen LogP contribution in [0.25, 0.3) is 0 Å². The number of nitrogens with one attached hydrogen (secondary N) is 2. The van der Waals surface area contributed by atoms with E-state index in [9.17, 15) is 15.0 Å². The third-order valence-corrected chi connectivity index (χ3v) is 2.87. The molecule has 9 N–H and O–H groups in total. The number of aliphatic carboxylic acids is 1. The summed E-state index contributed by atoms with van der Waals surface area (Å²) in [6.07, 6.45) is -1.01. The molecular weight excluding hydrogens is 228 g/mol. The first-order valence-electron chi connectivity index (χ1n) is 5.42. The summed E-state index contributed by atoms with van der Waals surface area (Å²) in [7, 11) is 0. The lowest BCUT2D eigenvalue weighted by atomic mass is 10.1. The highest BCUT2D eigenvalue weighted by atomic mass is 16.4. The summed E-state index contributed by atoms with van der Waals surface area (Å²) in [5.41, 5.74) is 9.72. The van der Waals surface area contributed by atoms with Crippen LogP contribution in [0.15, 0.2) is 0 Å². The molecule has 0 aromatic rings. The first kappa shape index (κ1) is 14.3. The average Bonchev–Trinajstić information content (AvgIpc) is 2.49. The molecule has 100 valence electrons. The highest BCUT2D eigenvalue weighted by molar-refractivity contribution is 5.72. The molecule has 1 saturated heterocycles. The fraction of sp³-hybridized carbons (Fsp3) is 0.889. The van der Waals surface area contributed by atoms with E-state index in [1.165, 1.54) is 6.92 Å². The summed E-state index contributed by atoms with van der Waals surface area (Å²) in [6, 6.07) is -1.41. The monoisotopic (exact) mass is 248 g/mol. The van der Waals surface area contributed by atoms with E-state index in [1.807, 2.05) is 0 Å². The maximum Gasteiger partial charge on any atom is 0.320 e. The quantitative estimate of drug-likeness (QED) is 0.272. The van der Waals surface area contributed by atoms with Crippen molar-refractivity contribution in [1.29, 1.82) is 0 Å². The molecule has 8 heteroatoms. The molecule has 0 amide bonds. The van der Waals surface area contributed by atoms with Crippen molar-refractivity contribution in [2.45, 2.75) is 50.0 Å². The number of nitrogens with two attached hydrogens (primary N) is 2. The van der Waals surface area contributed by atoms with Gasteiger partial charge in [-0.05, 0) is 19.8 Å². The van der Waals surface area contributed by atoms with Crippen LogP contribution in [-0.4, -0.2) is 51.5 Å². The molecule has 0 saturated carbocycles. The van der Waals surface area contributed by atoms with Gasteiger partial charge >= 0.3 is 5.97 Å². The fourth-order valence-electron chi connectivity index (χ4n) is 1.66. The van der Waals surface area contributed by atoms with Crippen molar-refractivity contribution < 1.29 is 20.1 Å². The van der Waals surface area contributed by atoms with Gasteiger partial charge in [-0.25, -0.2) is 0 Å². The van der Waals surface area contributed by atoms with Crippen molar-refractivity contribution in [2.75, 3.05) is 0 Å². The summed E-state index contributed by atoms with van der Waals surface area (Å²) in [5, 5.41) is 33.1. The zero-order valence-corrected chi connectivity index (χ0v) is 9.63. The molecule has 0 spiro atoms. The van der Waals surface area contributed by atoms with Crippen molar-refractivity contribution in [3.05, 3.63) is 0 Å². The lowest BCUT2D eigenvalue weighted by Gasteiger charge is -2.22. The number of hydrogen-bond donors (Lipinski definition) is 7. The van der Waals surface area contributed by atoms with E-state index in [-0.39, 0.29) is 6.42 Å². The van der Waals surface area contributed by atoms with Crippen LogP contribution in [0.3, 0.4) is 0 Å². The molecule has 0 aromatic heterocycles. The van der Waals surface area contributed by atoms with Gasteiger partial charge in [-0.3, -0.25) is 15.4 Å². The molecule has 0 bridgehead atoms. The predicted molar refractivity (Wildman–Crippen MR) is 59.5 cm³/mol. The molecule has 1 rings (SSSR count). The van der Waals surface area contributed by atoms with Gasteiger partial charge in [0.15, 0.2) is 5.72 Å². The molecule has 1 heterocycles. The number of carboxylic acids is 1. The van der Waals surface area contributed by atoms with E-state index in [2.05, 4.69) is 10.6 Å². The molecular formula is C9H20N4O4. The first-order valence-corrected chi connectivity index (χ1v) is 5.42.